The first-order valence-electron chi connectivity index (χ1n) is 9.26. The van der Waals surface area contributed by atoms with Crippen molar-refractivity contribution in [1.82, 2.24) is 9.13 Å². The largest absolute Gasteiger partial charge is 0.505 e. The Hall–Kier alpha value is -4.01. The van der Waals surface area contributed by atoms with Crippen molar-refractivity contribution in [2.45, 2.75) is 20.3 Å². The average Bonchev–Trinajstić information content (AvgIpc) is 3.12. The van der Waals surface area contributed by atoms with Crippen LogP contribution in [-0.4, -0.2) is 26.2 Å². The number of aromatic hydroxyl groups is 1. The summed E-state index contributed by atoms with van der Waals surface area (Å²) in [6, 6.07) is 9.95. The van der Waals surface area contributed by atoms with Gasteiger partial charge in [-0.15, -0.1) is 0 Å². The second-order valence-corrected chi connectivity index (χ2v) is 6.60. The van der Waals surface area contributed by atoms with E-state index >= 15 is 0 Å². The lowest BCUT2D eigenvalue weighted by molar-refractivity contribution is -0.134. The predicted octanol–water partition coefficient (Wildman–Crippen LogP) is 3.15. The normalized spacial score (nSPS) is 10.5. The Morgan fingerprint density at radius 3 is 2.50 bits per heavy atom. The number of rotatable bonds is 5. The number of aromatic nitrogens is 2. The number of esters is 1. The van der Waals surface area contributed by atoms with Gasteiger partial charge in [-0.2, -0.15) is 0 Å². The number of nitrogens with one attached hydrogen (secondary N) is 2. The minimum absolute atomic E-state index is 0.129. The van der Waals surface area contributed by atoms with E-state index in [9.17, 15) is 19.5 Å². The van der Waals surface area contributed by atoms with E-state index in [4.69, 9.17) is 4.74 Å². The molecule has 0 atom stereocenters. The van der Waals surface area contributed by atoms with Crippen molar-refractivity contribution in [2.75, 3.05) is 10.6 Å². The lowest BCUT2D eigenvalue weighted by Gasteiger charge is -2.13. The van der Waals surface area contributed by atoms with Gasteiger partial charge in [-0.05, 0) is 25.1 Å². The van der Waals surface area contributed by atoms with Gasteiger partial charge in [0, 0.05) is 37.1 Å². The van der Waals surface area contributed by atoms with E-state index in [1.165, 1.54) is 17.8 Å². The Bertz CT molecular complexity index is 1150. The van der Waals surface area contributed by atoms with E-state index in [-0.39, 0.29) is 29.4 Å². The molecule has 0 fully saturated rings. The van der Waals surface area contributed by atoms with Crippen LogP contribution in [0.15, 0.2) is 53.6 Å². The van der Waals surface area contributed by atoms with Crippen LogP contribution in [0.5, 0.6) is 11.6 Å². The van der Waals surface area contributed by atoms with Gasteiger partial charge in [0.1, 0.15) is 11.4 Å². The van der Waals surface area contributed by atoms with Crippen LogP contribution in [0.4, 0.5) is 16.2 Å². The monoisotopic (exact) mass is 410 g/mol. The number of ether oxygens (including phenoxy) is 1. The minimum Gasteiger partial charge on any atom is -0.505 e. The number of carbonyl (C=O) groups is 2. The van der Waals surface area contributed by atoms with Crippen LogP contribution in [-0.2, 0) is 11.8 Å². The van der Waals surface area contributed by atoms with Crippen molar-refractivity contribution in [3.8, 4) is 17.3 Å². The number of carbonyl (C=O) groups excluding carboxylic acids is 2. The van der Waals surface area contributed by atoms with Crippen LogP contribution in [0.3, 0.4) is 0 Å². The third-order valence-electron chi connectivity index (χ3n) is 4.39. The van der Waals surface area contributed by atoms with Gasteiger partial charge in [0.25, 0.3) is 5.56 Å². The predicted molar refractivity (Wildman–Crippen MR) is 112 cm³/mol. The third kappa shape index (κ3) is 4.19. The quantitative estimate of drug-likeness (QED) is 0.559. The molecule has 9 heteroatoms. The Balaban J connectivity index is 1.91. The number of urea groups is 1. The minimum atomic E-state index is -0.771. The van der Waals surface area contributed by atoms with Crippen LogP contribution < -0.4 is 20.9 Å². The first kappa shape index (κ1) is 20.7. The number of nitrogens with zero attached hydrogens (tertiary/aromatic N) is 2. The number of hydrogen-bond acceptors (Lipinski definition) is 5. The highest BCUT2D eigenvalue weighted by atomic mass is 16.5. The van der Waals surface area contributed by atoms with Crippen LogP contribution in [0.2, 0.25) is 0 Å². The molecule has 0 unspecified atom stereocenters. The molecule has 0 aliphatic rings. The summed E-state index contributed by atoms with van der Waals surface area (Å²) in [6.45, 7) is 3.27. The number of amides is 2. The Morgan fingerprint density at radius 2 is 1.83 bits per heavy atom. The van der Waals surface area contributed by atoms with E-state index in [0.29, 0.717) is 5.56 Å². The van der Waals surface area contributed by atoms with Crippen molar-refractivity contribution < 1.29 is 19.4 Å². The molecule has 0 spiro atoms. The number of para-hydroxylation sites is 1. The number of anilines is 2. The summed E-state index contributed by atoms with van der Waals surface area (Å²) in [4.78, 5) is 36.7. The van der Waals surface area contributed by atoms with E-state index in [2.05, 4.69) is 10.6 Å². The highest BCUT2D eigenvalue weighted by molar-refractivity contribution is 6.01. The number of pyridine rings is 1. The zero-order chi connectivity index (χ0) is 21.8. The fourth-order valence-corrected chi connectivity index (χ4v) is 2.85. The summed E-state index contributed by atoms with van der Waals surface area (Å²) < 4.78 is 8.30. The molecule has 3 rings (SSSR count). The van der Waals surface area contributed by atoms with Crippen molar-refractivity contribution in [3.63, 3.8) is 0 Å². The molecule has 3 N–H and O–H groups in total. The average molecular weight is 410 g/mol. The Labute approximate surface area is 172 Å². The number of hydrogen-bond donors (Lipinski definition) is 3. The molecule has 9 nitrogen and oxygen atoms in total. The Morgan fingerprint density at radius 1 is 1.13 bits per heavy atom. The summed E-state index contributed by atoms with van der Waals surface area (Å²) in [5.41, 5.74) is 0.578. The smallest absolute Gasteiger partial charge is 0.324 e. The van der Waals surface area contributed by atoms with Gasteiger partial charge in [0.2, 0.25) is 5.88 Å². The zero-order valence-electron chi connectivity index (χ0n) is 16.8. The first-order valence-corrected chi connectivity index (χ1v) is 9.26. The van der Waals surface area contributed by atoms with E-state index in [1.54, 1.807) is 30.7 Å². The summed E-state index contributed by atoms with van der Waals surface area (Å²) in [6.07, 6.45) is 3.26. The number of benzene rings is 1. The van der Waals surface area contributed by atoms with Gasteiger partial charge >= 0.3 is 12.0 Å². The standard InChI is InChI=1S/C21H22N4O5/c1-4-16(26)30-20-15(10-11-25(20)14-8-6-5-7-9-14)22-21(29)23-17-18(27)13(2)12-24(3)19(17)28/h5-12,27H,4H2,1-3H3,(H2,22,23,29). The molecule has 0 aliphatic heterocycles. The maximum absolute atomic E-state index is 12.5. The summed E-state index contributed by atoms with van der Waals surface area (Å²) in [5.74, 6) is -0.656. The lowest BCUT2D eigenvalue weighted by Crippen LogP contribution is -2.27. The van der Waals surface area contributed by atoms with Crippen molar-refractivity contribution in [3.05, 3.63) is 64.7 Å². The van der Waals surface area contributed by atoms with Crippen LogP contribution >= 0.6 is 0 Å². The summed E-state index contributed by atoms with van der Waals surface area (Å²) >= 11 is 0. The molecule has 1 aromatic carbocycles. The molecule has 0 saturated carbocycles. The Kier molecular flexibility index (Phi) is 5.91. The third-order valence-corrected chi connectivity index (χ3v) is 4.39. The molecule has 2 aromatic heterocycles. The highest BCUT2D eigenvalue weighted by Crippen LogP contribution is 2.30. The van der Waals surface area contributed by atoms with Crippen molar-refractivity contribution in [2.24, 2.45) is 7.05 Å². The van der Waals surface area contributed by atoms with Gasteiger partial charge < -0.3 is 19.7 Å². The van der Waals surface area contributed by atoms with E-state index in [1.807, 2.05) is 30.3 Å². The van der Waals surface area contributed by atoms with Gasteiger partial charge in [-0.25, -0.2) is 4.79 Å². The topological polar surface area (TPSA) is 115 Å². The second-order valence-electron chi connectivity index (χ2n) is 6.60. The molecule has 2 heterocycles. The van der Waals surface area contributed by atoms with Gasteiger partial charge in [0.15, 0.2) is 5.69 Å². The zero-order valence-corrected chi connectivity index (χ0v) is 16.8. The van der Waals surface area contributed by atoms with Crippen molar-refractivity contribution in [1.29, 1.82) is 0 Å². The molecular formula is C21H22N4O5. The molecule has 0 bridgehead atoms. The SMILES string of the molecule is CCC(=O)Oc1c(NC(=O)Nc2c(O)c(C)cn(C)c2=O)ccn1-c1ccccc1. The summed E-state index contributed by atoms with van der Waals surface area (Å²) in [7, 11) is 1.51. The van der Waals surface area contributed by atoms with Gasteiger partial charge in [-0.3, -0.25) is 19.5 Å². The maximum atomic E-state index is 12.5. The molecular weight excluding hydrogens is 388 g/mol. The molecule has 0 saturated heterocycles. The number of aryl methyl sites for hydroxylation is 2. The molecule has 0 radical (unpaired) electrons. The molecule has 3 aromatic rings. The van der Waals surface area contributed by atoms with Crippen LogP contribution in [0.25, 0.3) is 5.69 Å². The van der Waals surface area contributed by atoms with Crippen molar-refractivity contribution >= 4 is 23.4 Å². The highest BCUT2D eigenvalue weighted by Gasteiger charge is 2.19. The fraction of sp³-hybridized carbons (Fsp3) is 0.190. The first-order chi connectivity index (χ1) is 14.3. The molecule has 2 amide bonds. The van der Waals surface area contributed by atoms with Crippen LogP contribution in [0.1, 0.15) is 18.9 Å². The second kappa shape index (κ2) is 8.56. The van der Waals surface area contributed by atoms with E-state index < -0.39 is 17.6 Å². The maximum Gasteiger partial charge on any atom is 0.324 e. The molecule has 30 heavy (non-hydrogen) atoms. The summed E-state index contributed by atoms with van der Waals surface area (Å²) in [5, 5.41) is 15.1. The molecule has 0 aliphatic carbocycles. The van der Waals surface area contributed by atoms with Crippen LogP contribution in [0, 0.1) is 6.92 Å². The molecule has 156 valence electrons. The lowest BCUT2D eigenvalue weighted by atomic mass is 10.2. The fourth-order valence-electron chi connectivity index (χ4n) is 2.85. The van der Waals surface area contributed by atoms with Gasteiger partial charge in [0.05, 0.1) is 0 Å². The van der Waals surface area contributed by atoms with E-state index in [0.717, 1.165) is 5.69 Å². The van der Waals surface area contributed by atoms with Gasteiger partial charge in [-0.1, -0.05) is 25.1 Å².